The highest BCUT2D eigenvalue weighted by molar-refractivity contribution is 8.00. The van der Waals surface area contributed by atoms with E-state index in [2.05, 4.69) is 16.0 Å². The van der Waals surface area contributed by atoms with Crippen LogP contribution in [0.25, 0.3) is 6.08 Å². The highest BCUT2D eigenvalue weighted by Crippen LogP contribution is 2.30. The van der Waals surface area contributed by atoms with Gasteiger partial charge in [0.15, 0.2) is 0 Å². The number of hydrogen-bond acceptors (Lipinski definition) is 7. The van der Waals surface area contributed by atoms with Gasteiger partial charge in [-0.25, -0.2) is 0 Å². The highest BCUT2D eigenvalue weighted by atomic mass is 32.2. The summed E-state index contributed by atoms with van der Waals surface area (Å²) in [7, 11) is 0. The number of benzene rings is 3. The third-order valence-corrected chi connectivity index (χ3v) is 7.44. The van der Waals surface area contributed by atoms with Crippen molar-refractivity contribution in [3.63, 3.8) is 0 Å². The molecule has 1 heterocycles. The lowest BCUT2D eigenvalue weighted by atomic mass is 10.1. The Morgan fingerprint density at radius 2 is 1.76 bits per heavy atom. The lowest BCUT2D eigenvalue weighted by molar-refractivity contribution is -0.384. The van der Waals surface area contributed by atoms with Crippen molar-refractivity contribution in [1.82, 2.24) is 5.32 Å². The first-order chi connectivity index (χ1) is 20.2. The van der Waals surface area contributed by atoms with Crippen LogP contribution in [0.1, 0.15) is 35.0 Å². The predicted molar refractivity (Wildman–Crippen MR) is 162 cm³/mol. The number of carbonyl (C=O) groups excluding carboxylic acids is 3. The zero-order valence-electron chi connectivity index (χ0n) is 22.8. The summed E-state index contributed by atoms with van der Waals surface area (Å²) in [5.41, 5.74) is 1.79. The fourth-order valence-corrected chi connectivity index (χ4v) is 4.87. The number of nitro groups is 1. The van der Waals surface area contributed by atoms with E-state index in [1.165, 1.54) is 36.2 Å². The Balaban J connectivity index is 1.47. The van der Waals surface area contributed by atoms with Crippen LogP contribution in [0.5, 0.6) is 0 Å². The summed E-state index contributed by atoms with van der Waals surface area (Å²) in [6.07, 6.45) is 3.38. The van der Waals surface area contributed by atoms with Crippen LogP contribution in [0.4, 0.5) is 17.1 Å². The third kappa shape index (κ3) is 7.95. The fourth-order valence-electron chi connectivity index (χ4n) is 3.86. The van der Waals surface area contributed by atoms with Crippen molar-refractivity contribution < 1.29 is 23.7 Å². The minimum absolute atomic E-state index is 0.0185. The van der Waals surface area contributed by atoms with Crippen LogP contribution in [0.2, 0.25) is 0 Å². The second kappa shape index (κ2) is 14.0. The van der Waals surface area contributed by atoms with Crippen LogP contribution in [0, 0.1) is 17.0 Å². The van der Waals surface area contributed by atoms with E-state index in [4.69, 9.17) is 4.42 Å². The molecule has 1 unspecified atom stereocenters. The summed E-state index contributed by atoms with van der Waals surface area (Å²) in [6.45, 7) is 3.63. The molecule has 0 spiro atoms. The number of amides is 3. The molecule has 42 heavy (non-hydrogen) atoms. The van der Waals surface area contributed by atoms with Crippen molar-refractivity contribution in [3.8, 4) is 0 Å². The zero-order chi connectivity index (χ0) is 30.1. The van der Waals surface area contributed by atoms with Crippen molar-refractivity contribution in [2.24, 2.45) is 0 Å². The lowest BCUT2D eigenvalue weighted by Gasteiger charge is -2.16. The van der Waals surface area contributed by atoms with E-state index in [9.17, 15) is 24.5 Å². The Hall–Kier alpha value is -5.16. The number of furan rings is 1. The van der Waals surface area contributed by atoms with Gasteiger partial charge in [0, 0.05) is 34.4 Å². The number of rotatable bonds is 11. The maximum Gasteiger partial charge on any atom is 0.272 e. The van der Waals surface area contributed by atoms with Crippen LogP contribution in [0.15, 0.2) is 106 Å². The monoisotopic (exact) mass is 584 g/mol. The molecule has 0 aliphatic heterocycles. The quantitative estimate of drug-likeness (QED) is 0.0799. The van der Waals surface area contributed by atoms with Gasteiger partial charge >= 0.3 is 0 Å². The molecule has 3 amide bonds. The normalized spacial score (nSPS) is 11.8. The van der Waals surface area contributed by atoms with Crippen molar-refractivity contribution >= 4 is 52.6 Å². The van der Waals surface area contributed by atoms with Crippen LogP contribution < -0.4 is 16.0 Å². The molecule has 214 valence electrons. The lowest BCUT2D eigenvalue weighted by Crippen LogP contribution is -2.30. The van der Waals surface area contributed by atoms with Gasteiger partial charge in [-0.05, 0) is 61.4 Å². The first-order valence-electron chi connectivity index (χ1n) is 13.0. The van der Waals surface area contributed by atoms with Crippen molar-refractivity contribution in [1.29, 1.82) is 0 Å². The number of thioether (sulfide) groups is 1. The summed E-state index contributed by atoms with van der Waals surface area (Å²) < 4.78 is 5.34. The van der Waals surface area contributed by atoms with E-state index in [1.807, 2.05) is 13.0 Å². The van der Waals surface area contributed by atoms with Gasteiger partial charge in [-0.15, -0.1) is 11.8 Å². The maximum atomic E-state index is 13.3. The number of hydrogen-bond donors (Lipinski definition) is 3. The molecule has 0 fully saturated rings. The minimum atomic E-state index is -0.566. The summed E-state index contributed by atoms with van der Waals surface area (Å²) in [6, 6.07) is 23.1. The third-order valence-electron chi connectivity index (χ3n) is 6.08. The molecule has 11 heteroatoms. The maximum absolute atomic E-state index is 13.3. The number of nitro benzene ring substituents is 1. The molecule has 3 aromatic carbocycles. The van der Waals surface area contributed by atoms with E-state index in [-0.39, 0.29) is 17.3 Å². The fraction of sp³-hybridized carbons (Fsp3) is 0.129. The Morgan fingerprint density at radius 3 is 2.45 bits per heavy atom. The average Bonchev–Trinajstić information content (AvgIpc) is 3.50. The van der Waals surface area contributed by atoms with Gasteiger partial charge in [-0.1, -0.05) is 37.3 Å². The Labute approximate surface area is 246 Å². The standard InChI is InChI=1S/C31H28N4O6S/c1-3-28(31(38)33-26-18-23(35(39)40)15-14-20(26)2)42-25-13-7-11-22(17-25)32-30(37)27(19-24-12-8-16-41-24)34-29(36)21-9-5-4-6-10-21/h4-19,28H,3H2,1-2H3,(H,32,37)(H,33,38)(H,34,36)/b27-19-. The zero-order valence-corrected chi connectivity index (χ0v) is 23.6. The molecule has 1 atom stereocenters. The van der Waals surface area contributed by atoms with Gasteiger partial charge in [0.25, 0.3) is 17.5 Å². The molecular formula is C31H28N4O6S. The summed E-state index contributed by atoms with van der Waals surface area (Å²) >= 11 is 1.30. The van der Waals surface area contributed by atoms with Crippen LogP contribution in [-0.2, 0) is 9.59 Å². The van der Waals surface area contributed by atoms with Crippen LogP contribution >= 0.6 is 11.8 Å². The van der Waals surface area contributed by atoms with Crippen molar-refractivity contribution in [2.75, 3.05) is 10.6 Å². The average molecular weight is 585 g/mol. The van der Waals surface area contributed by atoms with Crippen LogP contribution in [-0.4, -0.2) is 27.9 Å². The smallest absolute Gasteiger partial charge is 0.272 e. The number of aryl methyl sites for hydroxylation is 1. The van der Waals surface area contributed by atoms with Gasteiger partial charge in [0.05, 0.1) is 22.1 Å². The number of carbonyl (C=O) groups is 3. The molecule has 4 rings (SSSR count). The molecule has 3 N–H and O–H groups in total. The SMILES string of the molecule is CCC(Sc1cccc(NC(=O)/C(=C/c2ccco2)NC(=O)c2ccccc2)c1)C(=O)Nc1cc([N+](=O)[O-])ccc1C. The summed E-state index contributed by atoms with van der Waals surface area (Å²) in [4.78, 5) is 50.5. The van der Waals surface area contributed by atoms with Crippen molar-refractivity contribution in [3.05, 3.63) is 124 Å². The second-order valence-corrected chi connectivity index (χ2v) is 10.4. The number of nitrogens with zero attached hydrogens (tertiary/aromatic N) is 1. The second-order valence-electron chi connectivity index (χ2n) is 9.14. The molecule has 0 saturated carbocycles. The van der Waals surface area contributed by atoms with Crippen LogP contribution in [0.3, 0.4) is 0 Å². The van der Waals surface area contributed by atoms with E-state index >= 15 is 0 Å². The Bertz CT molecular complexity index is 1620. The molecule has 4 aromatic rings. The molecule has 0 radical (unpaired) electrons. The molecular weight excluding hydrogens is 556 g/mol. The van der Waals surface area contributed by atoms with Gasteiger partial charge < -0.3 is 20.4 Å². The van der Waals surface area contributed by atoms with Gasteiger partial charge in [0.1, 0.15) is 11.5 Å². The van der Waals surface area contributed by atoms with E-state index < -0.39 is 22.0 Å². The first-order valence-corrected chi connectivity index (χ1v) is 13.9. The van der Waals surface area contributed by atoms with E-state index in [0.29, 0.717) is 34.7 Å². The van der Waals surface area contributed by atoms with E-state index in [0.717, 1.165) is 4.90 Å². The van der Waals surface area contributed by atoms with E-state index in [1.54, 1.807) is 73.7 Å². The predicted octanol–water partition coefficient (Wildman–Crippen LogP) is 6.42. The van der Waals surface area contributed by atoms with Gasteiger partial charge in [0.2, 0.25) is 5.91 Å². The minimum Gasteiger partial charge on any atom is -0.465 e. The Morgan fingerprint density at radius 1 is 0.976 bits per heavy atom. The molecule has 0 saturated heterocycles. The highest BCUT2D eigenvalue weighted by Gasteiger charge is 2.21. The number of nitrogens with one attached hydrogen (secondary N) is 3. The molecule has 0 aliphatic carbocycles. The molecule has 10 nitrogen and oxygen atoms in total. The van der Waals surface area contributed by atoms with Gasteiger partial charge in [-0.2, -0.15) is 0 Å². The topological polar surface area (TPSA) is 144 Å². The van der Waals surface area contributed by atoms with Crippen molar-refractivity contribution in [2.45, 2.75) is 30.4 Å². The molecule has 0 bridgehead atoms. The van der Waals surface area contributed by atoms with Gasteiger partial charge in [-0.3, -0.25) is 24.5 Å². The Kier molecular flexibility index (Phi) is 9.90. The largest absolute Gasteiger partial charge is 0.465 e. The molecule has 1 aromatic heterocycles. The molecule has 0 aliphatic rings. The first kappa shape index (κ1) is 29.8. The summed E-state index contributed by atoms with van der Waals surface area (Å²) in [5.74, 6) is -0.936. The summed E-state index contributed by atoms with van der Waals surface area (Å²) in [5, 5.41) is 18.9. The number of anilines is 2. The number of non-ortho nitro benzene ring substituents is 1.